The molecule has 27 heavy (non-hydrogen) atoms. The molecule has 0 spiro atoms. The summed E-state index contributed by atoms with van der Waals surface area (Å²) in [5.74, 6) is 0.667. The van der Waals surface area contributed by atoms with Gasteiger partial charge in [0.2, 0.25) is 0 Å². The summed E-state index contributed by atoms with van der Waals surface area (Å²) in [5.41, 5.74) is 2.50. The number of ether oxygens (including phenoxy) is 1. The van der Waals surface area contributed by atoms with Gasteiger partial charge in [-0.3, -0.25) is 9.69 Å². The van der Waals surface area contributed by atoms with Crippen LogP contribution >= 0.6 is 35.3 Å². The number of rotatable bonds is 4. The Morgan fingerprint density at radius 3 is 2.74 bits per heavy atom. The molecule has 1 aromatic heterocycles. The maximum absolute atomic E-state index is 12.8. The third-order valence-electron chi connectivity index (χ3n) is 3.93. The molecule has 1 saturated heterocycles. The van der Waals surface area contributed by atoms with Gasteiger partial charge in [0.05, 0.1) is 23.4 Å². The smallest absolute Gasteiger partial charge is 0.270 e. The molecule has 0 radical (unpaired) electrons. The summed E-state index contributed by atoms with van der Waals surface area (Å²) in [4.78, 5) is 19.6. The van der Waals surface area contributed by atoms with Crippen molar-refractivity contribution >= 4 is 57.3 Å². The number of carbonyl (C=O) groups excluding carboxylic acids is 1. The lowest BCUT2D eigenvalue weighted by atomic mass is 10.2. The van der Waals surface area contributed by atoms with E-state index in [9.17, 15) is 4.79 Å². The first kappa shape index (κ1) is 17.9. The fraction of sp³-hybridized carbons (Fsp3) is 0.0500. The van der Waals surface area contributed by atoms with Gasteiger partial charge in [-0.2, -0.15) is 0 Å². The summed E-state index contributed by atoms with van der Waals surface area (Å²) in [5, 5.41) is 2.81. The molecule has 0 bridgehead atoms. The highest BCUT2D eigenvalue weighted by molar-refractivity contribution is 8.27. The Labute approximate surface area is 170 Å². The molecule has 0 atom stereocenters. The monoisotopic (exact) mass is 410 g/mol. The Bertz CT molecular complexity index is 1040. The minimum absolute atomic E-state index is 0.118. The first-order valence-corrected chi connectivity index (χ1v) is 10.2. The fourth-order valence-electron chi connectivity index (χ4n) is 2.64. The van der Waals surface area contributed by atoms with Crippen molar-refractivity contribution in [3.05, 3.63) is 70.6 Å². The molecule has 0 aliphatic carbocycles. The number of thiazole rings is 1. The number of anilines is 1. The standard InChI is InChI=1S/C20H14N2O2S3/c1-24-16-9-5-6-13(10-16)18-21-14(12-26-18)11-17-19(23)22(20(25)27-17)15-7-3-2-4-8-15/h2-12H,1H3/b17-11+. The largest absolute Gasteiger partial charge is 0.497 e. The van der Waals surface area contributed by atoms with E-state index in [1.165, 1.54) is 23.1 Å². The number of thiocarbonyl (C=S) groups is 1. The zero-order chi connectivity index (χ0) is 18.8. The van der Waals surface area contributed by atoms with Crippen LogP contribution in [-0.4, -0.2) is 22.3 Å². The molecule has 0 saturated carbocycles. The number of methoxy groups -OCH3 is 1. The molecule has 1 fully saturated rings. The van der Waals surface area contributed by atoms with E-state index in [-0.39, 0.29) is 5.91 Å². The van der Waals surface area contributed by atoms with Gasteiger partial charge in [0.25, 0.3) is 5.91 Å². The Balaban J connectivity index is 1.60. The molecule has 1 amide bonds. The van der Waals surface area contributed by atoms with Gasteiger partial charge < -0.3 is 4.74 Å². The molecule has 1 aliphatic rings. The van der Waals surface area contributed by atoms with E-state index >= 15 is 0 Å². The molecule has 7 heteroatoms. The topological polar surface area (TPSA) is 42.4 Å². The van der Waals surface area contributed by atoms with E-state index in [0.717, 1.165) is 27.7 Å². The second-order valence-electron chi connectivity index (χ2n) is 5.66. The maximum atomic E-state index is 12.8. The molecular formula is C20H14N2O2S3. The third-order valence-corrected chi connectivity index (χ3v) is 6.14. The van der Waals surface area contributed by atoms with Gasteiger partial charge in [0.15, 0.2) is 4.32 Å². The van der Waals surface area contributed by atoms with E-state index < -0.39 is 0 Å². The average Bonchev–Trinajstić information content (AvgIpc) is 3.27. The summed E-state index contributed by atoms with van der Waals surface area (Å²) < 4.78 is 5.80. The minimum Gasteiger partial charge on any atom is -0.497 e. The van der Waals surface area contributed by atoms with Crippen LogP contribution in [0.15, 0.2) is 64.9 Å². The number of para-hydroxylation sites is 1. The molecule has 4 nitrogen and oxygen atoms in total. The van der Waals surface area contributed by atoms with Crippen LogP contribution in [0, 0.1) is 0 Å². The average molecular weight is 411 g/mol. The predicted molar refractivity (Wildman–Crippen MR) is 116 cm³/mol. The first-order valence-electron chi connectivity index (χ1n) is 8.08. The van der Waals surface area contributed by atoms with E-state index in [0.29, 0.717) is 9.23 Å². The minimum atomic E-state index is -0.118. The van der Waals surface area contributed by atoms with Gasteiger partial charge in [0, 0.05) is 10.9 Å². The first-order chi connectivity index (χ1) is 13.2. The van der Waals surface area contributed by atoms with Gasteiger partial charge >= 0.3 is 0 Å². The highest BCUT2D eigenvalue weighted by atomic mass is 32.2. The quantitative estimate of drug-likeness (QED) is 0.435. The second kappa shape index (κ2) is 7.64. The molecule has 0 unspecified atom stereocenters. The molecule has 134 valence electrons. The molecule has 2 heterocycles. The van der Waals surface area contributed by atoms with Gasteiger partial charge in [-0.25, -0.2) is 4.98 Å². The molecule has 1 aliphatic heterocycles. The van der Waals surface area contributed by atoms with E-state index in [2.05, 4.69) is 4.98 Å². The fourth-order valence-corrected chi connectivity index (χ4v) is 4.70. The van der Waals surface area contributed by atoms with Gasteiger partial charge in [0.1, 0.15) is 10.8 Å². The number of carbonyl (C=O) groups is 1. The van der Waals surface area contributed by atoms with Crippen molar-refractivity contribution in [2.75, 3.05) is 12.0 Å². The number of nitrogens with zero attached hydrogens (tertiary/aromatic N) is 2. The summed E-state index contributed by atoms with van der Waals surface area (Å²) in [6, 6.07) is 17.2. The van der Waals surface area contributed by atoms with Crippen molar-refractivity contribution in [1.29, 1.82) is 0 Å². The Morgan fingerprint density at radius 2 is 1.96 bits per heavy atom. The summed E-state index contributed by atoms with van der Waals surface area (Å²) in [6.45, 7) is 0. The van der Waals surface area contributed by atoms with Crippen LogP contribution in [0.2, 0.25) is 0 Å². The lowest BCUT2D eigenvalue weighted by molar-refractivity contribution is -0.113. The Hall–Kier alpha value is -2.48. The van der Waals surface area contributed by atoms with E-state index in [1.54, 1.807) is 18.1 Å². The van der Waals surface area contributed by atoms with E-state index in [4.69, 9.17) is 17.0 Å². The molecule has 0 N–H and O–H groups in total. The van der Waals surface area contributed by atoms with Gasteiger partial charge in [-0.1, -0.05) is 54.3 Å². The number of hydrogen-bond acceptors (Lipinski definition) is 6. The number of benzene rings is 2. The summed E-state index contributed by atoms with van der Waals surface area (Å²) in [6.07, 6.45) is 1.79. The SMILES string of the molecule is COc1cccc(-c2nc(/C=C3/SC(=S)N(c4ccccc4)C3=O)cs2)c1. The highest BCUT2D eigenvalue weighted by Crippen LogP contribution is 2.36. The van der Waals surface area contributed by atoms with Gasteiger partial charge in [-0.15, -0.1) is 11.3 Å². The van der Waals surface area contributed by atoms with Crippen LogP contribution in [0.1, 0.15) is 5.69 Å². The van der Waals surface area contributed by atoms with E-state index in [1.807, 2.05) is 60.0 Å². The van der Waals surface area contributed by atoms with Crippen molar-refractivity contribution in [1.82, 2.24) is 4.98 Å². The van der Waals surface area contributed by atoms with Crippen LogP contribution in [-0.2, 0) is 4.79 Å². The van der Waals surface area contributed by atoms with Crippen LogP contribution < -0.4 is 9.64 Å². The van der Waals surface area contributed by atoms with Crippen LogP contribution in [0.5, 0.6) is 5.75 Å². The second-order valence-corrected chi connectivity index (χ2v) is 8.20. The van der Waals surface area contributed by atoms with Crippen molar-refractivity contribution in [2.45, 2.75) is 0 Å². The number of hydrogen-bond donors (Lipinski definition) is 0. The summed E-state index contributed by atoms with van der Waals surface area (Å²) in [7, 11) is 1.64. The normalized spacial score (nSPS) is 15.6. The van der Waals surface area contributed by atoms with Crippen LogP contribution in [0.4, 0.5) is 5.69 Å². The Morgan fingerprint density at radius 1 is 1.15 bits per heavy atom. The van der Waals surface area contributed by atoms with Crippen molar-refractivity contribution < 1.29 is 9.53 Å². The highest BCUT2D eigenvalue weighted by Gasteiger charge is 2.33. The van der Waals surface area contributed by atoms with Crippen molar-refractivity contribution in [3.63, 3.8) is 0 Å². The van der Waals surface area contributed by atoms with Crippen molar-refractivity contribution in [3.8, 4) is 16.3 Å². The van der Waals surface area contributed by atoms with Gasteiger partial charge in [-0.05, 0) is 30.3 Å². The molecule has 2 aromatic carbocycles. The number of aromatic nitrogens is 1. The molecule has 3 aromatic rings. The van der Waals surface area contributed by atoms with Crippen LogP contribution in [0.3, 0.4) is 0 Å². The lowest BCUT2D eigenvalue weighted by Gasteiger charge is -2.13. The predicted octanol–water partition coefficient (Wildman–Crippen LogP) is 5.22. The zero-order valence-corrected chi connectivity index (χ0v) is 16.7. The maximum Gasteiger partial charge on any atom is 0.270 e. The Kier molecular flexibility index (Phi) is 5.07. The number of thioether (sulfide) groups is 1. The molecular weight excluding hydrogens is 396 g/mol. The summed E-state index contributed by atoms with van der Waals surface area (Å²) >= 11 is 8.22. The zero-order valence-electron chi connectivity index (χ0n) is 14.3. The van der Waals surface area contributed by atoms with Crippen LogP contribution in [0.25, 0.3) is 16.6 Å². The number of amides is 1. The third kappa shape index (κ3) is 3.66. The van der Waals surface area contributed by atoms with Crippen molar-refractivity contribution in [2.24, 2.45) is 0 Å². The molecule has 4 rings (SSSR count). The lowest BCUT2D eigenvalue weighted by Crippen LogP contribution is -2.27.